The molecular formula is C17H13N5O2S2. The van der Waals surface area contributed by atoms with E-state index in [9.17, 15) is 9.59 Å². The van der Waals surface area contributed by atoms with E-state index in [0.29, 0.717) is 16.0 Å². The maximum atomic E-state index is 12.4. The lowest BCUT2D eigenvalue weighted by molar-refractivity contribution is -0.116. The molecule has 3 heterocycles. The van der Waals surface area contributed by atoms with Crippen LogP contribution in [-0.2, 0) is 11.3 Å². The highest BCUT2D eigenvalue weighted by Gasteiger charge is 2.10. The number of anilines is 1. The molecule has 0 unspecified atom stereocenters. The molecule has 26 heavy (non-hydrogen) atoms. The molecule has 3 aromatic heterocycles. The Morgan fingerprint density at radius 3 is 2.88 bits per heavy atom. The molecule has 0 saturated carbocycles. The molecule has 0 aliphatic carbocycles. The number of nitrogens with zero attached hydrogens (tertiary/aromatic N) is 4. The van der Waals surface area contributed by atoms with Gasteiger partial charge in [-0.2, -0.15) is 0 Å². The van der Waals surface area contributed by atoms with Crippen LogP contribution in [0.3, 0.4) is 0 Å². The van der Waals surface area contributed by atoms with Crippen molar-refractivity contribution in [2.24, 2.45) is 0 Å². The highest BCUT2D eigenvalue weighted by Crippen LogP contribution is 2.28. The zero-order valence-electron chi connectivity index (χ0n) is 13.5. The van der Waals surface area contributed by atoms with Crippen molar-refractivity contribution < 1.29 is 4.79 Å². The standard InChI is InChI=1S/C17H13N5O2S2/c23-15(19-17-18-13(10-26-17)14-6-3-9-25-14)7-8-22-16(24)11-4-1-2-5-12(11)20-21-22/h1-6,9-10H,7-8H2,(H,18,19,23). The van der Waals surface area contributed by atoms with Gasteiger partial charge in [0.15, 0.2) is 5.13 Å². The van der Waals surface area contributed by atoms with Crippen LogP contribution >= 0.6 is 22.7 Å². The lowest BCUT2D eigenvalue weighted by Gasteiger charge is -2.04. The summed E-state index contributed by atoms with van der Waals surface area (Å²) in [7, 11) is 0. The molecule has 0 bridgehead atoms. The maximum absolute atomic E-state index is 12.4. The molecule has 0 atom stereocenters. The summed E-state index contributed by atoms with van der Waals surface area (Å²) in [5.74, 6) is -0.223. The molecular weight excluding hydrogens is 370 g/mol. The van der Waals surface area contributed by atoms with Gasteiger partial charge in [0.25, 0.3) is 5.56 Å². The fraction of sp³-hybridized carbons (Fsp3) is 0.118. The average Bonchev–Trinajstić information content (AvgIpc) is 3.33. The van der Waals surface area contributed by atoms with Crippen LogP contribution in [0.1, 0.15) is 6.42 Å². The number of hydrogen-bond acceptors (Lipinski definition) is 7. The molecule has 0 radical (unpaired) electrons. The second-order valence-corrected chi connectivity index (χ2v) is 7.25. The predicted molar refractivity (Wildman–Crippen MR) is 102 cm³/mol. The molecule has 4 aromatic rings. The number of amides is 1. The zero-order valence-corrected chi connectivity index (χ0v) is 15.1. The minimum Gasteiger partial charge on any atom is -0.302 e. The van der Waals surface area contributed by atoms with E-state index in [1.54, 1.807) is 35.6 Å². The molecule has 4 rings (SSSR count). The molecule has 0 aliphatic heterocycles. The van der Waals surface area contributed by atoms with Crippen molar-refractivity contribution in [1.29, 1.82) is 0 Å². The Kier molecular flexibility index (Phi) is 4.55. The quantitative estimate of drug-likeness (QED) is 0.572. The summed E-state index contributed by atoms with van der Waals surface area (Å²) < 4.78 is 1.21. The highest BCUT2D eigenvalue weighted by atomic mass is 32.1. The number of aryl methyl sites for hydroxylation is 1. The predicted octanol–water partition coefficient (Wildman–Crippen LogP) is 3.01. The molecule has 1 N–H and O–H groups in total. The van der Waals surface area contributed by atoms with Gasteiger partial charge in [-0.3, -0.25) is 9.59 Å². The largest absolute Gasteiger partial charge is 0.302 e. The van der Waals surface area contributed by atoms with Crippen LogP contribution in [-0.4, -0.2) is 25.9 Å². The third-order valence-electron chi connectivity index (χ3n) is 3.70. The van der Waals surface area contributed by atoms with Gasteiger partial charge in [-0.05, 0) is 23.6 Å². The summed E-state index contributed by atoms with van der Waals surface area (Å²) in [4.78, 5) is 30.0. The Balaban J connectivity index is 1.41. The van der Waals surface area contributed by atoms with Gasteiger partial charge in [0.2, 0.25) is 5.91 Å². The van der Waals surface area contributed by atoms with Gasteiger partial charge >= 0.3 is 0 Å². The van der Waals surface area contributed by atoms with Gasteiger partial charge in [0.05, 0.1) is 22.5 Å². The zero-order chi connectivity index (χ0) is 17.9. The molecule has 0 fully saturated rings. The topological polar surface area (TPSA) is 89.8 Å². The minimum absolute atomic E-state index is 0.112. The highest BCUT2D eigenvalue weighted by molar-refractivity contribution is 7.16. The Morgan fingerprint density at radius 1 is 1.15 bits per heavy atom. The summed E-state index contributed by atoms with van der Waals surface area (Å²) in [5, 5.41) is 15.6. The number of nitrogens with one attached hydrogen (secondary N) is 1. The van der Waals surface area contributed by atoms with Crippen molar-refractivity contribution in [3.8, 4) is 10.6 Å². The van der Waals surface area contributed by atoms with Gasteiger partial charge < -0.3 is 5.32 Å². The van der Waals surface area contributed by atoms with Crippen molar-refractivity contribution in [1.82, 2.24) is 20.0 Å². The van der Waals surface area contributed by atoms with E-state index >= 15 is 0 Å². The van der Waals surface area contributed by atoms with Gasteiger partial charge in [0.1, 0.15) is 5.52 Å². The van der Waals surface area contributed by atoms with Crippen LogP contribution in [0.4, 0.5) is 5.13 Å². The number of fused-ring (bicyclic) bond motifs is 1. The van der Waals surface area contributed by atoms with E-state index in [4.69, 9.17) is 0 Å². The molecule has 1 amide bonds. The lowest BCUT2D eigenvalue weighted by atomic mass is 10.2. The maximum Gasteiger partial charge on any atom is 0.277 e. The molecule has 9 heteroatoms. The van der Waals surface area contributed by atoms with Crippen molar-refractivity contribution in [2.45, 2.75) is 13.0 Å². The molecule has 130 valence electrons. The van der Waals surface area contributed by atoms with Gasteiger partial charge in [-0.15, -0.1) is 27.8 Å². The van der Waals surface area contributed by atoms with E-state index in [0.717, 1.165) is 10.6 Å². The summed E-state index contributed by atoms with van der Waals surface area (Å²) in [6, 6.07) is 10.9. The average molecular weight is 383 g/mol. The van der Waals surface area contributed by atoms with Crippen molar-refractivity contribution >= 4 is 44.6 Å². The van der Waals surface area contributed by atoms with E-state index in [2.05, 4.69) is 20.6 Å². The molecule has 0 spiro atoms. The third-order valence-corrected chi connectivity index (χ3v) is 5.35. The monoisotopic (exact) mass is 383 g/mol. The number of carbonyl (C=O) groups excluding carboxylic acids is 1. The number of aromatic nitrogens is 4. The number of benzene rings is 1. The Bertz CT molecular complexity index is 1120. The van der Waals surface area contributed by atoms with Gasteiger partial charge in [-0.25, -0.2) is 9.67 Å². The molecule has 1 aromatic carbocycles. The number of hydrogen-bond donors (Lipinski definition) is 1. The van der Waals surface area contributed by atoms with Crippen LogP contribution in [0.25, 0.3) is 21.5 Å². The van der Waals surface area contributed by atoms with Crippen LogP contribution < -0.4 is 10.9 Å². The van der Waals surface area contributed by atoms with Crippen molar-refractivity contribution in [3.63, 3.8) is 0 Å². The van der Waals surface area contributed by atoms with Crippen LogP contribution in [0, 0.1) is 0 Å². The number of carbonyl (C=O) groups is 1. The Morgan fingerprint density at radius 2 is 2.04 bits per heavy atom. The first-order valence-electron chi connectivity index (χ1n) is 7.82. The van der Waals surface area contributed by atoms with Crippen molar-refractivity contribution in [2.75, 3.05) is 5.32 Å². The Labute approximate surface area is 156 Å². The number of rotatable bonds is 5. The summed E-state index contributed by atoms with van der Waals surface area (Å²) >= 11 is 2.97. The number of thiophene rings is 1. The SMILES string of the molecule is O=C(CCn1nnc2ccccc2c1=O)Nc1nc(-c2cccs2)cs1. The first kappa shape index (κ1) is 16.6. The third kappa shape index (κ3) is 3.39. The molecule has 0 saturated heterocycles. The molecule has 7 nitrogen and oxygen atoms in total. The minimum atomic E-state index is -0.252. The number of thiazole rings is 1. The lowest BCUT2D eigenvalue weighted by Crippen LogP contribution is -2.26. The van der Waals surface area contributed by atoms with Crippen LogP contribution in [0.5, 0.6) is 0 Å². The Hall–Kier alpha value is -2.91. The van der Waals surface area contributed by atoms with Crippen LogP contribution in [0.15, 0.2) is 52.0 Å². The second-order valence-electron chi connectivity index (χ2n) is 5.45. The van der Waals surface area contributed by atoms with E-state index in [-0.39, 0.29) is 24.4 Å². The summed E-state index contributed by atoms with van der Waals surface area (Å²) in [6.07, 6.45) is 0.112. The normalized spacial score (nSPS) is 10.9. The first-order valence-corrected chi connectivity index (χ1v) is 9.58. The van der Waals surface area contributed by atoms with E-state index < -0.39 is 0 Å². The first-order chi connectivity index (χ1) is 12.7. The van der Waals surface area contributed by atoms with E-state index in [1.807, 2.05) is 22.9 Å². The fourth-order valence-corrected chi connectivity index (χ4v) is 3.92. The van der Waals surface area contributed by atoms with Gasteiger partial charge in [-0.1, -0.05) is 23.4 Å². The van der Waals surface area contributed by atoms with E-state index in [1.165, 1.54) is 16.0 Å². The van der Waals surface area contributed by atoms with Crippen LogP contribution in [0.2, 0.25) is 0 Å². The molecule has 0 aliphatic rings. The van der Waals surface area contributed by atoms with Gasteiger partial charge in [0, 0.05) is 11.8 Å². The summed E-state index contributed by atoms with van der Waals surface area (Å²) in [5.41, 5.74) is 1.14. The summed E-state index contributed by atoms with van der Waals surface area (Å²) in [6.45, 7) is 0.158. The fourth-order valence-electron chi connectivity index (χ4n) is 2.43. The second kappa shape index (κ2) is 7.14. The van der Waals surface area contributed by atoms with Crippen molar-refractivity contribution in [3.05, 3.63) is 57.5 Å². The smallest absolute Gasteiger partial charge is 0.277 e.